The molecular weight excluding hydrogens is 349 g/mol. The molecule has 0 saturated carbocycles. The van der Waals surface area contributed by atoms with Crippen molar-refractivity contribution < 1.29 is 32.5 Å². The molecule has 0 unspecified atom stereocenters. The van der Waals surface area contributed by atoms with Crippen molar-refractivity contribution in [3.8, 4) is 0 Å². The Bertz CT molecular complexity index is 32.2. The summed E-state index contributed by atoms with van der Waals surface area (Å²) in [6, 6.07) is 0. The van der Waals surface area contributed by atoms with Crippen LogP contribution in [0.5, 0.6) is 0 Å². The van der Waals surface area contributed by atoms with Crippen LogP contribution in [0.3, 0.4) is 0 Å². The van der Waals surface area contributed by atoms with Gasteiger partial charge in [-0.3, -0.25) is 0 Å². The van der Waals surface area contributed by atoms with Gasteiger partial charge in [0.1, 0.15) is 0 Å². The van der Waals surface area contributed by atoms with Crippen LogP contribution in [0.1, 0.15) is 0 Å². The predicted molar refractivity (Wildman–Crippen MR) is 37.0 cm³/mol. The molecule has 9 nitrogen and oxygen atoms in total. The van der Waals surface area contributed by atoms with Crippen molar-refractivity contribution in [1.82, 2.24) is 0 Å². The van der Waals surface area contributed by atoms with E-state index < -0.39 is 5.09 Å². The van der Waals surface area contributed by atoms with Crippen LogP contribution in [0.15, 0.2) is 0 Å². The molecule has 2 radical (unpaired) electrons. The van der Waals surface area contributed by atoms with Gasteiger partial charge in [-0.1, -0.05) is 0 Å². The van der Waals surface area contributed by atoms with Gasteiger partial charge in [-0.25, -0.2) is 0 Å². The molecule has 0 heterocycles. The van der Waals surface area contributed by atoms with Crippen molar-refractivity contribution in [2.24, 2.45) is 0 Å². The quantitative estimate of drug-likeness (QED) is 0.234. The Hall–Kier alpha value is -0.0779. The number of rotatable bonds is 0. The molecule has 0 aromatic heterocycles. The molecule has 0 spiro atoms. The van der Waals surface area contributed by atoms with Gasteiger partial charge in [0.05, 0.1) is 5.09 Å². The number of hydrogen-bond acceptors (Lipinski definition) is 3. The summed E-state index contributed by atoms with van der Waals surface area (Å²) in [6.07, 6.45) is 0. The van der Waals surface area contributed by atoms with Crippen LogP contribution in [-0.2, 0) is 0 Å². The summed E-state index contributed by atoms with van der Waals surface area (Å²) in [5, 5.41) is 14.8. The van der Waals surface area contributed by atoms with E-state index in [0.29, 0.717) is 0 Å². The standard InChI is InChI=1S/NO3.5H2O.Pb.2H/c2-1(3)4;;;;;;;;/h;5*1H2;;;/q-1;;;;;;;;. The molecule has 70 valence electrons. The zero-order valence-corrected chi connectivity index (χ0v) is 10.4. The third-order valence-electron chi connectivity index (χ3n) is 0. The molecule has 0 atom stereocenters. The predicted octanol–water partition coefficient (Wildman–Crippen LogP) is -5.28. The van der Waals surface area contributed by atoms with Crippen LogP contribution >= 0.6 is 0 Å². The maximum atomic E-state index is 8.25. The molecule has 0 aliphatic rings. The number of hydrogen-bond donors (Lipinski definition) is 0. The summed E-state index contributed by atoms with van der Waals surface area (Å²) < 4.78 is 0. The second-order valence-corrected chi connectivity index (χ2v) is 0.224. The molecule has 0 aromatic rings. The van der Waals surface area contributed by atoms with Gasteiger partial charge >= 0.3 is 27.3 Å². The van der Waals surface area contributed by atoms with Gasteiger partial charge in [-0.2, -0.15) is 0 Å². The van der Waals surface area contributed by atoms with E-state index in [-0.39, 0.29) is 54.7 Å². The summed E-state index contributed by atoms with van der Waals surface area (Å²) in [4.78, 5) is 8.25. The van der Waals surface area contributed by atoms with Crippen LogP contribution in [0.4, 0.5) is 0 Å². The summed E-state index contributed by atoms with van der Waals surface area (Å²) in [7, 11) is 0. The van der Waals surface area contributed by atoms with Crippen LogP contribution in [0.2, 0.25) is 0 Å². The first kappa shape index (κ1) is 92.5. The van der Waals surface area contributed by atoms with E-state index in [0.717, 1.165) is 0 Å². The summed E-state index contributed by atoms with van der Waals surface area (Å²) >= 11 is 0. The summed E-state index contributed by atoms with van der Waals surface area (Å²) in [5.41, 5.74) is 0. The molecule has 10 heteroatoms. The van der Waals surface area contributed by atoms with Gasteiger partial charge in [0.15, 0.2) is 0 Å². The monoisotopic (exact) mass is 362 g/mol. The van der Waals surface area contributed by atoms with Crippen molar-refractivity contribution in [2.45, 2.75) is 0 Å². The van der Waals surface area contributed by atoms with Gasteiger partial charge in [-0.05, 0) is 0 Å². The van der Waals surface area contributed by atoms with E-state index in [2.05, 4.69) is 0 Å². The molecule has 0 aliphatic heterocycles. The first-order chi connectivity index (χ1) is 1.73. The molecule has 0 rings (SSSR count). The fraction of sp³-hybridized carbons (Fsp3) is 0. The van der Waals surface area contributed by atoms with E-state index in [4.69, 9.17) is 15.3 Å². The average Bonchev–Trinajstić information content (AvgIpc) is 0.811. The zero-order valence-electron chi connectivity index (χ0n) is 4.88. The molecule has 0 fully saturated rings. The fourth-order valence-corrected chi connectivity index (χ4v) is 0. The second-order valence-electron chi connectivity index (χ2n) is 0.224. The fourth-order valence-electron chi connectivity index (χ4n) is 0. The molecule has 0 saturated heterocycles. The summed E-state index contributed by atoms with van der Waals surface area (Å²) in [6.45, 7) is 0. The minimum absolute atomic E-state index is 0. The summed E-state index contributed by atoms with van der Waals surface area (Å²) in [5.74, 6) is 0. The minimum atomic E-state index is -1.75. The van der Waals surface area contributed by atoms with Crippen molar-refractivity contribution in [3.63, 3.8) is 0 Å². The Kier molecular flexibility index (Phi) is 607. The molecule has 10 heavy (non-hydrogen) atoms. The van der Waals surface area contributed by atoms with Gasteiger partial charge in [0.25, 0.3) is 0 Å². The van der Waals surface area contributed by atoms with E-state index in [1.165, 1.54) is 0 Å². The van der Waals surface area contributed by atoms with Crippen molar-refractivity contribution in [1.29, 1.82) is 0 Å². The third-order valence-corrected chi connectivity index (χ3v) is 0. The molecular formula is H12NO8Pb-. The van der Waals surface area contributed by atoms with E-state index in [1.807, 2.05) is 0 Å². The molecule has 0 bridgehead atoms. The van der Waals surface area contributed by atoms with Crippen molar-refractivity contribution in [3.05, 3.63) is 15.3 Å². The Balaban J connectivity index is -0.00000000300. The zero-order chi connectivity index (χ0) is 3.58. The van der Waals surface area contributed by atoms with Crippen LogP contribution in [0, 0.1) is 15.3 Å². The van der Waals surface area contributed by atoms with Crippen molar-refractivity contribution >= 4 is 27.3 Å². The van der Waals surface area contributed by atoms with Gasteiger partial charge in [-0.15, -0.1) is 0 Å². The molecule has 0 aliphatic carbocycles. The first-order valence-corrected chi connectivity index (χ1v) is 0.548. The van der Waals surface area contributed by atoms with Gasteiger partial charge in [0, 0.05) is 0 Å². The van der Waals surface area contributed by atoms with Crippen LogP contribution in [-0.4, -0.2) is 59.8 Å². The molecule has 10 N–H and O–H groups in total. The van der Waals surface area contributed by atoms with Crippen molar-refractivity contribution in [2.75, 3.05) is 0 Å². The van der Waals surface area contributed by atoms with Gasteiger partial charge < -0.3 is 42.7 Å². The van der Waals surface area contributed by atoms with Crippen LogP contribution < -0.4 is 0 Å². The Labute approximate surface area is 75.5 Å². The first-order valence-electron chi connectivity index (χ1n) is 0.548. The Morgan fingerprint density at radius 1 is 0.800 bits per heavy atom. The molecule has 0 aromatic carbocycles. The van der Waals surface area contributed by atoms with E-state index in [9.17, 15) is 0 Å². The van der Waals surface area contributed by atoms with Gasteiger partial charge in [0.2, 0.25) is 0 Å². The topological polar surface area (TPSA) is 224 Å². The Morgan fingerprint density at radius 2 is 0.800 bits per heavy atom. The number of nitrogens with zero attached hydrogens (tertiary/aromatic N) is 1. The SMILES string of the molecule is O.O.O.O.O.O=[N+]([O-])[O-].[PbH2]. The third kappa shape index (κ3) is 62500. The maximum absolute atomic E-state index is 8.25. The average molecular weight is 361 g/mol. The normalized spacial score (nSPS) is 2.40. The molecule has 0 amide bonds. The van der Waals surface area contributed by atoms with Crippen LogP contribution in [0.25, 0.3) is 0 Å². The van der Waals surface area contributed by atoms with E-state index >= 15 is 0 Å². The van der Waals surface area contributed by atoms with E-state index in [1.54, 1.807) is 0 Å². The Morgan fingerprint density at radius 3 is 0.800 bits per heavy atom. The second kappa shape index (κ2) is 65.6.